The summed E-state index contributed by atoms with van der Waals surface area (Å²) in [5, 5.41) is 5.67. The Balaban J connectivity index is 2.06. The third-order valence-electron chi connectivity index (χ3n) is 3.99. The van der Waals surface area contributed by atoms with Gasteiger partial charge in [-0.25, -0.2) is 0 Å². The van der Waals surface area contributed by atoms with Gasteiger partial charge in [0, 0.05) is 10.4 Å². The van der Waals surface area contributed by atoms with Crippen LogP contribution in [0.15, 0.2) is 29.6 Å². The van der Waals surface area contributed by atoms with Crippen molar-refractivity contribution in [2.45, 2.75) is 32.2 Å². The number of aryl methyl sites for hydroxylation is 2. The van der Waals surface area contributed by atoms with E-state index < -0.39 is 0 Å². The summed E-state index contributed by atoms with van der Waals surface area (Å²) in [7, 11) is 2.03. The van der Waals surface area contributed by atoms with E-state index in [0.717, 1.165) is 31.6 Å². The molecule has 1 aliphatic rings. The predicted octanol–water partition coefficient (Wildman–Crippen LogP) is 3.94. The summed E-state index contributed by atoms with van der Waals surface area (Å²) >= 11 is 1.83. The van der Waals surface area contributed by atoms with Crippen molar-refractivity contribution in [3.8, 4) is 5.75 Å². The maximum atomic E-state index is 5.97. The molecule has 2 aromatic rings. The van der Waals surface area contributed by atoms with Crippen molar-refractivity contribution in [2.24, 2.45) is 0 Å². The van der Waals surface area contributed by atoms with Gasteiger partial charge in [-0.05, 0) is 48.9 Å². The maximum absolute atomic E-state index is 5.97. The minimum atomic E-state index is 0.234. The standard InChI is InChI=1S/C17H21NOS/c1-3-12-9-11-20-17(12)15(18-2)14-8-4-6-13-7-5-10-19-16(13)14/h4,6,8-9,11,15,18H,3,5,7,10H2,1-2H3. The number of nitrogens with one attached hydrogen (secondary N) is 1. The first kappa shape index (κ1) is 13.7. The first-order valence-corrected chi connectivity index (χ1v) is 8.21. The molecule has 1 N–H and O–H groups in total. The molecule has 0 amide bonds. The topological polar surface area (TPSA) is 21.3 Å². The van der Waals surface area contributed by atoms with E-state index in [1.807, 2.05) is 18.4 Å². The van der Waals surface area contributed by atoms with Gasteiger partial charge in [-0.3, -0.25) is 0 Å². The number of fused-ring (bicyclic) bond motifs is 1. The van der Waals surface area contributed by atoms with Gasteiger partial charge in [-0.2, -0.15) is 0 Å². The fraction of sp³-hybridized carbons (Fsp3) is 0.412. The molecule has 20 heavy (non-hydrogen) atoms. The van der Waals surface area contributed by atoms with E-state index in [1.165, 1.54) is 21.6 Å². The number of rotatable bonds is 4. The number of hydrogen-bond donors (Lipinski definition) is 1. The van der Waals surface area contributed by atoms with Crippen molar-refractivity contribution in [2.75, 3.05) is 13.7 Å². The van der Waals surface area contributed by atoms with Gasteiger partial charge in [0.25, 0.3) is 0 Å². The molecule has 106 valence electrons. The van der Waals surface area contributed by atoms with Crippen LogP contribution in [0.2, 0.25) is 0 Å². The van der Waals surface area contributed by atoms with Crippen molar-refractivity contribution < 1.29 is 4.74 Å². The van der Waals surface area contributed by atoms with Gasteiger partial charge in [0.15, 0.2) is 0 Å². The predicted molar refractivity (Wildman–Crippen MR) is 84.9 cm³/mol. The van der Waals surface area contributed by atoms with E-state index in [-0.39, 0.29) is 6.04 Å². The van der Waals surface area contributed by atoms with Gasteiger partial charge in [0.05, 0.1) is 12.6 Å². The quantitative estimate of drug-likeness (QED) is 0.919. The summed E-state index contributed by atoms with van der Waals surface area (Å²) in [5.74, 6) is 1.11. The Morgan fingerprint density at radius 2 is 2.25 bits per heavy atom. The smallest absolute Gasteiger partial charge is 0.127 e. The lowest BCUT2D eigenvalue weighted by molar-refractivity contribution is 0.283. The van der Waals surface area contributed by atoms with E-state index >= 15 is 0 Å². The van der Waals surface area contributed by atoms with Gasteiger partial charge in [-0.1, -0.05) is 25.1 Å². The number of para-hydroxylation sites is 1. The van der Waals surface area contributed by atoms with Crippen LogP contribution in [-0.4, -0.2) is 13.7 Å². The zero-order chi connectivity index (χ0) is 13.9. The Kier molecular flexibility index (Phi) is 4.08. The summed E-state index contributed by atoms with van der Waals surface area (Å²) in [5.41, 5.74) is 4.06. The largest absolute Gasteiger partial charge is 0.493 e. The van der Waals surface area contributed by atoms with E-state index in [9.17, 15) is 0 Å². The normalized spacial score (nSPS) is 15.5. The Labute approximate surface area is 124 Å². The molecule has 1 aromatic carbocycles. The Bertz CT molecular complexity index is 590. The molecule has 0 bridgehead atoms. The molecule has 3 rings (SSSR count). The molecule has 0 radical (unpaired) electrons. The number of benzene rings is 1. The van der Waals surface area contributed by atoms with Crippen LogP contribution in [-0.2, 0) is 12.8 Å². The average Bonchev–Trinajstić information content (AvgIpc) is 2.97. The summed E-state index contributed by atoms with van der Waals surface area (Å²) in [6.07, 6.45) is 3.33. The molecular weight excluding hydrogens is 266 g/mol. The SMILES string of the molecule is CCc1ccsc1C(NC)c1cccc2c1OCCC2. The Hall–Kier alpha value is -1.32. The second-order valence-corrected chi connectivity index (χ2v) is 6.12. The van der Waals surface area contributed by atoms with Gasteiger partial charge in [0.1, 0.15) is 5.75 Å². The molecule has 1 unspecified atom stereocenters. The van der Waals surface area contributed by atoms with Crippen molar-refractivity contribution in [1.82, 2.24) is 5.32 Å². The third kappa shape index (κ3) is 2.36. The molecule has 0 saturated heterocycles. The molecule has 1 atom stereocenters. The lowest BCUT2D eigenvalue weighted by Crippen LogP contribution is -2.20. The van der Waals surface area contributed by atoms with E-state index in [0.29, 0.717) is 0 Å². The van der Waals surface area contributed by atoms with E-state index in [2.05, 4.69) is 41.9 Å². The molecule has 1 aromatic heterocycles. The molecule has 0 fully saturated rings. The van der Waals surface area contributed by atoms with Crippen LogP contribution in [0.1, 0.15) is 41.0 Å². The summed E-state index contributed by atoms with van der Waals surface area (Å²) in [6.45, 7) is 3.06. The van der Waals surface area contributed by atoms with Crippen LogP contribution in [0.4, 0.5) is 0 Å². The maximum Gasteiger partial charge on any atom is 0.127 e. The number of ether oxygens (including phenoxy) is 1. The van der Waals surface area contributed by atoms with Gasteiger partial charge in [0.2, 0.25) is 0 Å². The molecule has 0 spiro atoms. The third-order valence-corrected chi connectivity index (χ3v) is 5.01. The highest BCUT2D eigenvalue weighted by molar-refractivity contribution is 7.10. The van der Waals surface area contributed by atoms with Crippen molar-refractivity contribution in [3.63, 3.8) is 0 Å². The van der Waals surface area contributed by atoms with Crippen LogP contribution in [0, 0.1) is 0 Å². The summed E-state index contributed by atoms with van der Waals surface area (Å²) < 4.78 is 5.97. The highest BCUT2D eigenvalue weighted by Gasteiger charge is 2.23. The minimum Gasteiger partial charge on any atom is -0.493 e. The highest BCUT2D eigenvalue weighted by atomic mass is 32.1. The molecule has 1 aliphatic heterocycles. The fourth-order valence-electron chi connectivity index (χ4n) is 2.96. The lowest BCUT2D eigenvalue weighted by Gasteiger charge is -2.25. The lowest BCUT2D eigenvalue weighted by atomic mass is 9.95. The van der Waals surface area contributed by atoms with Gasteiger partial charge >= 0.3 is 0 Å². The second kappa shape index (κ2) is 5.98. The highest BCUT2D eigenvalue weighted by Crippen LogP contribution is 2.38. The summed E-state index contributed by atoms with van der Waals surface area (Å²) in [6, 6.07) is 9.02. The molecule has 0 saturated carbocycles. The van der Waals surface area contributed by atoms with Crippen molar-refractivity contribution >= 4 is 11.3 Å². The van der Waals surface area contributed by atoms with Crippen LogP contribution < -0.4 is 10.1 Å². The molecular formula is C17H21NOS. The van der Waals surface area contributed by atoms with Crippen LogP contribution in [0.25, 0.3) is 0 Å². The number of thiophene rings is 1. The first-order valence-electron chi connectivity index (χ1n) is 7.33. The minimum absolute atomic E-state index is 0.234. The van der Waals surface area contributed by atoms with Crippen LogP contribution >= 0.6 is 11.3 Å². The van der Waals surface area contributed by atoms with Crippen LogP contribution in [0.3, 0.4) is 0 Å². The van der Waals surface area contributed by atoms with Crippen LogP contribution in [0.5, 0.6) is 5.75 Å². The van der Waals surface area contributed by atoms with Crippen molar-refractivity contribution in [1.29, 1.82) is 0 Å². The zero-order valence-electron chi connectivity index (χ0n) is 12.1. The molecule has 2 heterocycles. The van der Waals surface area contributed by atoms with E-state index in [1.54, 1.807) is 0 Å². The Morgan fingerprint density at radius 3 is 3.05 bits per heavy atom. The summed E-state index contributed by atoms with van der Waals surface area (Å²) in [4.78, 5) is 1.41. The zero-order valence-corrected chi connectivity index (χ0v) is 12.9. The fourth-order valence-corrected chi connectivity index (χ4v) is 4.09. The molecule has 3 heteroatoms. The second-order valence-electron chi connectivity index (χ2n) is 5.17. The monoisotopic (exact) mass is 287 g/mol. The van der Waals surface area contributed by atoms with E-state index in [4.69, 9.17) is 4.74 Å². The number of hydrogen-bond acceptors (Lipinski definition) is 3. The Morgan fingerprint density at radius 1 is 1.35 bits per heavy atom. The molecule has 0 aliphatic carbocycles. The van der Waals surface area contributed by atoms with Gasteiger partial charge < -0.3 is 10.1 Å². The van der Waals surface area contributed by atoms with Gasteiger partial charge in [-0.15, -0.1) is 11.3 Å². The average molecular weight is 287 g/mol. The molecule has 2 nitrogen and oxygen atoms in total. The first-order chi connectivity index (χ1) is 9.85. The van der Waals surface area contributed by atoms with Crippen molar-refractivity contribution in [3.05, 3.63) is 51.2 Å².